The number of likely N-dealkylation sites (N-methyl/N-ethyl adjacent to an activating group) is 1. The molecule has 2 N–H and O–H groups in total. The van der Waals surface area contributed by atoms with Crippen molar-refractivity contribution in [2.24, 2.45) is 12.0 Å². The molecule has 0 saturated heterocycles. The minimum atomic E-state index is -0.00507. The highest BCUT2D eigenvalue weighted by molar-refractivity contribution is 5.86. The Kier molecular flexibility index (Phi) is 9.37. The van der Waals surface area contributed by atoms with Gasteiger partial charge in [0.1, 0.15) is 5.75 Å². The molecule has 1 aromatic heterocycles. The van der Waals surface area contributed by atoms with Gasteiger partial charge in [-0.05, 0) is 37.0 Å². The molecule has 2 rings (SSSR count). The summed E-state index contributed by atoms with van der Waals surface area (Å²) in [5.74, 6) is 1.46. The lowest BCUT2D eigenvalue weighted by Gasteiger charge is -2.15. The smallest absolute Gasteiger partial charge is 0.241 e. The molecule has 8 heteroatoms. The fourth-order valence-electron chi connectivity index (χ4n) is 3.34. The summed E-state index contributed by atoms with van der Waals surface area (Å²) in [4.78, 5) is 18.4. The summed E-state index contributed by atoms with van der Waals surface area (Å²) in [5.41, 5.74) is 4.64. The van der Waals surface area contributed by atoms with E-state index in [1.165, 1.54) is 16.8 Å². The molecular formula is C23H36N6O2. The van der Waals surface area contributed by atoms with Gasteiger partial charge in [0.2, 0.25) is 5.91 Å². The summed E-state index contributed by atoms with van der Waals surface area (Å²) < 4.78 is 7.16. The van der Waals surface area contributed by atoms with E-state index in [2.05, 4.69) is 41.7 Å². The van der Waals surface area contributed by atoms with Gasteiger partial charge in [-0.15, -0.1) is 0 Å². The second-order valence-corrected chi connectivity index (χ2v) is 7.53. The van der Waals surface area contributed by atoms with Gasteiger partial charge in [0, 0.05) is 38.9 Å². The normalized spacial score (nSPS) is 11.4. The van der Waals surface area contributed by atoms with Gasteiger partial charge in [-0.2, -0.15) is 5.10 Å². The number of hydrogen-bond acceptors (Lipinski definition) is 4. The Bertz CT molecular complexity index is 871. The number of guanidine groups is 1. The van der Waals surface area contributed by atoms with Gasteiger partial charge in [-0.25, -0.2) is 4.99 Å². The Morgan fingerprint density at radius 3 is 2.45 bits per heavy atom. The lowest BCUT2D eigenvalue weighted by molar-refractivity contribution is -0.127. The van der Waals surface area contributed by atoms with Crippen LogP contribution in [0.15, 0.2) is 29.3 Å². The summed E-state index contributed by atoms with van der Waals surface area (Å²) in [6.07, 6.45) is 2.60. The van der Waals surface area contributed by atoms with Crippen LogP contribution >= 0.6 is 0 Å². The highest BCUT2D eigenvalue weighted by Gasteiger charge is 2.14. The van der Waals surface area contributed by atoms with Crippen molar-refractivity contribution in [1.82, 2.24) is 25.3 Å². The Hall–Kier alpha value is -3.03. The molecular weight excluding hydrogens is 392 g/mol. The molecule has 0 saturated carbocycles. The molecule has 170 valence electrons. The largest absolute Gasteiger partial charge is 0.497 e. The zero-order chi connectivity index (χ0) is 22.8. The molecule has 0 aliphatic carbocycles. The summed E-state index contributed by atoms with van der Waals surface area (Å²) in [7, 11) is 7.13. The maximum absolute atomic E-state index is 12.0. The first-order valence-corrected chi connectivity index (χ1v) is 10.8. The van der Waals surface area contributed by atoms with Crippen LogP contribution in [-0.2, 0) is 37.6 Å². The van der Waals surface area contributed by atoms with Gasteiger partial charge in [0.15, 0.2) is 5.96 Å². The molecule has 0 aliphatic rings. The molecule has 0 aliphatic heterocycles. The molecule has 8 nitrogen and oxygen atoms in total. The van der Waals surface area contributed by atoms with Crippen molar-refractivity contribution in [3.63, 3.8) is 0 Å². The van der Waals surface area contributed by atoms with Crippen LogP contribution < -0.4 is 15.4 Å². The third-order valence-corrected chi connectivity index (χ3v) is 5.19. The maximum atomic E-state index is 12.0. The van der Waals surface area contributed by atoms with Crippen LogP contribution in [0.4, 0.5) is 0 Å². The standard InChI is InChI=1S/C23H36N6O2/c1-7-20-19(21(8-2)29(5)27-20)15-25-23(26-16-22(30)28(3)4)24-14-13-17-9-11-18(31-6)12-10-17/h9-12H,7-8,13-16H2,1-6H3,(H2,24,25,26). The lowest BCUT2D eigenvalue weighted by atomic mass is 10.1. The van der Waals surface area contributed by atoms with Crippen molar-refractivity contribution in [2.45, 2.75) is 39.7 Å². The molecule has 2 aromatic rings. The van der Waals surface area contributed by atoms with Crippen LogP contribution in [0, 0.1) is 0 Å². The van der Waals surface area contributed by atoms with Gasteiger partial charge in [-0.3, -0.25) is 9.48 Å². The molecule has 31 heavy (non-hydrogen) atoms. The van der Waals surface area contributed by atoms with E-state index in [9.17, 15) is 4.79 Å². The third-order valence-electron chi connectivity index (χ3n) is 5.19. The predicted octanol–water partition coefficient (Wildman–Crippen LogP) is 1.92. The number of hydrogen-bond donors (Lipinski definition) is 2. The quantitative estimate of drug-likeness (QED) is 0.446. The van der Waals surface area contributed by atoms with Crippen molar-refractivity contribution in [1.29, 1.82) is 0 Å². The Balaban J connectivity index is 2.09. The van der Waals surface area contributed by atoms with E-state index < -0.39 is 0 Å². The van der Waals surface area contributed by atoms with Crippen LogP contribution in [0.3, 0.4) is 0 Å². The molecule has 0 bridgehead atoms. The molecule has 1 amide bonds. The van der Waals surface area contributed by atoms with Gasteiger partial charge in [0.25, 0.3) is 0 Å². The SMILES string of the molecule is CCc1nn(C)c(CC)c1CN=C(NCCc1ccc(OC)cc1)NCC(=O)N(C)C. The average Bonchev–Trinajstić information content (AvgIpc) is 3.09. The number of rotatable bonds is 10. The number of aliphatic imine (C=N–C) groups is 1. The van der Waals surface area contributed by atoms with E-state index >= 15 is 0 Å². The van der Waals surface area contributed by atoms with E-state index in [1.807, 2.05) is 23.9 Å². The molecule has 0 atom stereocenters. The number of nitrogens with one attached hydrogen (secondary N) is 2. The van der Waals surface area contributed by atoms with Gasteiger partial charge in [-0.1, -0.05) is 26.0 Å². The van der Waals surface area contributed by atoms with Gasteiger partial charge in [0.05, 0.1) is 25.9 Å². The average molecular weight is 429 g/mol. The first kappa shape index (κ1) is 24.2. The summed E-state index contributed by atoms with van der Waals surface area (Å²) in [5, 5.41) is 11.1. The number of carbonyl (C=O) groups excluding carboxylic acids is 1. The zero-order valence-electron chi connectivity index (χ0n) is 19.7. The highest BCUT2D eigenvalue weighted by atomic mass is 16.5. The number of carbonyl (C=O) groups is 1. The van der Waals surface area contributed by atoms with E-state index in [4.69, 9.17) is 9.73 Å². The Labute approximate surface area is 185 Å². The number of methoxy groups -OCH3 is 1. The third kappa shape index (κ3) is 7.01. The Morgan fingerprint density at radius 2 is 1.87 bits per heavy atom. The number of amides is 1. The molecule has 0 radical (unpaired) electrons. The van der Waals surface area contributed by atoms with Gasteiger partial charge < -0.3 is 20.3 Å². The van der Waals surface area contributed by atoms with Crippen LogP contribution in [0.1, 0.15) is 36.4 Å². The van der Waals surface area contributed by atoms with Crippen molar-refractivity contribution in [2.75, 3.05) is 34.3 Å². The number of aryl methyl sites for hydroxylation is 2. The van der Waals surface area contributed by atoms with Crippen LogP contribution in [-0.4, -0.2) is 60.8 Å². The van der Waals surface area contributed by atoms with Gasteiger partial charge >= 0.3 is 0 Å². The minimum absolute atomic E-state index is 0.00507. The second kappa shape index (κ2) is 12.0. The molecule has 1 heterocycles. The van der Waals surface area contributed by atoms with Crippen LogP contribution in [0.5, 0.6) is 5.75 Å². The number of aromatic nitrogens is 2. The second-order valence-electron chi connectivity index (χ2n) is 7.53. The Morgan fingerprint density at radius 1 is 1.16 bits per heavy atom. The van der Waals surface area contributed by atoms with E-state index in [0.717, 1.165) is 30.7 Å². The molecule has 0 fully saturated rings. The fraction of sp³-hybridized carbons (Fsp3) is 0.522. The van der Waals surface area contributed by atoms with Crippen molar-refractivity contribution in [3.05, 3.63) is 46.8 Å². The topological polar surface area (TPSA) is 83.8 Å². The minimum Gasteiger partial charge on any atom is -0.497 e. The molecule has 0 spiro atoms. The first-order valence-electron chi connectivity index (χ1n) is 10.8. The maximum Gasteiger partial charge on any atom is 0.241 e. The zero-order valence-corrected chi connectivity index (χ0v) is 19.7. The van der Waals surface area contributed by atoms with Crippen LogP contribution in [0.25, 0.3) is 0 Å². The summed E-state index contributed by atoms with van der Waals surface area (Å²) in [6.45, 7) is 5.65. The molecule has 0 unspecified atom stereocenters. The number of nitrogens with zero attached hydrogens (tertiary/aromatic N) is 4. The monoisotopic (exact) mass is 428 g/mol. The van der Waals surface area contributed by atoms with E-state index in [1.54, 1.807) is 26.1 Å². The van der Waals surface area contributed by atoms with Crippen LogP contribution in [0.2, 0.25) is 0 Å². The summed E-state index contributed by atoms with van der Waals surface area (Å²) >= 11 is 0. The van der Waals surface area contributed by atoms with Crippen molar-refractivity contribution < 1.29 is 9.53 Å². The highest BCUT2D eigenvalue weighted by Crippen LogP contribution is 2.16. The first-order chi connectivity index (χ1) is 14.9. The van der Waals surface area contributed by atoms with E-state index in [0.29, 0.717) is 19.0 Å². The van der Waals surface area contributed by atoms with Crippen molar-refractivity contribution >= 4 is 11.9 Å². The summed E-state index contributed by atoms with van der Waals surface area (Å²) in [6, 6.07) is 8.02. The van der Waals surface area contributed by atoms with E-state index in [-0.39, 0.29) is 12.5 Å². The number of ether oxygens (including phenoxy) is 1. The molecule has 1 aromatic carbocycles. The van der Waals surface area contributed by atoms with Crippen molar-refractivity contribution in [3.8, 4) is 5.75 Å². The number of benzene rings is 1. The lowest BCUT2D eigenvalue weighted by Crippen LogP contribution is -2.43. The predicted molar refractivity (Wildman–Crippen MR) is 125 cm³/mol. The fourth-order valence-corrected chi connectivity index (χ4v) is 3.34.